The lowest BCUT2D eigenvalue weighted by Crippen LogP contribution is -2.26. The first-order chi connectivity index (χ1) is 13.2. The lowest BCUT2D eigenvalue weighted by atomic mass is 9.83. The summed E-state index contributed by atoms with van der Waals surface area (Å²) in [6.07, 6.45) is 7.28. The summed E-state index contributed by atoms with van der Waals surface area (Å²) in [5.74, 6) is 0.431. The van der Waals surface area contributed by atoms with Crippen molar-refractivity contribution in [2.24, 2.45) is 11.3 Å². The number of methoxy groups -OCH3 is 1. The summed E-state index contributed by atoms with van der Waals surface area (Å²) >= 11 is 1.56. The summed E-state index contributed by atoms with van der Waals surface area (Å²) in [7, 11) is 1.41. The van der Waals surface area contributed by atoms with Crippen molar-refractivity contribution in [1.82, 2.24) is 0 Å². The van der Waals surface area contributed by atoms with Crippen molar-refractivity contribution in [1.29, 1.82) is 0 Å². The molecule has 4 unspecified atom stereocenters. The van der Waals surface area contributed by atoms with E-state index in [2.05, 4.69) is 20.8 Å². The Hall–Kier alpha value is -0.590. The molecule has 28 heavy (non-hydrogen) atoms. The first kappa shape index (κ1) is 25.4. The number of Topliss-reactive ketones (excluding diaryl/α,β-unsaturated/α-hetero) is 1. The molecule has 2 N–H and O–H groups in total. The molecule has 6 heteroatoms. The lowest BCUT2D eigenvalue weighted by Gasteiger charge is -2.24. The summed E-state index contributed by atoms with van der Waals surface area (Å²) in [4.78, 5) is 23.8. The number of hydrogen-bond donors (Lipinski definition) is 2. The Kier molecular flexibility index (Phi) is 11.7. The highest BCUT2D eigenvalue weighted by Crippen LogP contribution is 2.37. The van der Waals surface area contributed by atoms with Crippen molar-refractivity contribution in [2.45, 2.75) is 102 Å². The van der Waals surface area contributed by atoms with Gasteiger partial charge in [-0.2, -0.15) is 11.8 Å². The van der Waals surface area contributed by atoms with Crippen LogP contribution in [0.15, 0.2) is 0 Å². The number of thioether (sulfide) groups is 1. The van der Waals surface area contributed by atoms with E-state index in [4.69, 9.17) is 4.74 Å². The Bertz CT molecular complexity index is 480. The van der Waals surface area contributed by atoms with E-state index in [1.165, 1.54) is 7.11 Å². The molecule has 0 aliphatic heterocycles. The molecule has 0 amide bonds. The SMILES string of the molecule is CCCCCC(O)CSC1C(O)CC(=O)C1CCCCC(C)(C)CC(=O)OC. The van der Waals surface area contributed by atoms with Gasteiger partial charge in [0.2, 0.25) is 0 Å². The van der Waals surface area contributed by atoms with Crippen molar-refractivity contribution in [3.8, 4) is 0 Å². The minimum atomic E-state index is -0.596. The zero-order valence-electron chi connectivity index (χ0n) is 18.1. The van der Waals surface area contributed by atoms with E-state index >= 15 is 0 Å². The zero-order valence-corrected chi connectivity index (χ0v) is 18.9. The number of carbonyl (C=O) groups excluding carboxylic acids is 2. The van der Waals surface area contributed by atoms with Gasteiger partial charge in [0.15, 0.2) is 0 Å². The molecule has 0 aromatic carbocycles. The van der Waals surface area contributed by atoms with Crippen LogP contribution in [0, 0.1) is 11.3 Å². The second-order valence-corrected chi connectivity index (χ2v) is 10.2. The largest absolute Gasteiger partial charge is 0.469 e. The maximum Gasteiger partial charge on any atom is 0.306 e. The molecule has 0 bridgehead atoms. The summed E-state index contributed by atoms with van der Waals surface area (Å²) < 4.78 is 4.76. The van der Waals surface area contributed by atoms with E-state index in [9.17, 15) is 19.8 Å². The molecule has 0 radical (unpaired) electrons. The Labute approximate surface area is 175 Å². The number of hydrogen-bond acceptors (Lipinski definition) is 6. The van der Waals surface area contributed by atoms with Crippen molar-refractivity contribution in [3.63, 3.8) is 0 Å². The van der Waals surface area contributed by atoms with Gasteiger partial charge in [0, 0.05) is 23.3 Å². The third-order valence-electron chi connectivity index (χ3n) is 5.69. The summed E-state index contributed by atoms with van der Waals surface area (Å²) in [5, 5.41) is 20.3. The van der Waals surface area contributed by atoms with Crippen LogP contribution < -0.4 is 0 Å². The van der Waals surface area contributed by atoms with E-state index < -0.39 is 6.10 Å². The molecule has 164 valence electrons. The average molecular weight is 417 g/mol. The van der Waals surface area contributed by atoms with Crippen LogP contribution in [-0.4, -0.2) is 52.3 Å². The Balaban J connectivity index is 2.40. The first-order valence-electron chi connectivity index (χ1n) is 10.8. The number of unbranched alkanes of at least 4 members (excludes halogenated alkanes) is 3. The van der Waals surface area contributed by atoms with Gasteiger partial charge >= 0.3 is 5.97 Å². The molecule has 0 saturated heterocycles. The predicted octanol–water partition coefficient (Wildman–Crippen LogP) is 4.13. The van der Waals surface area contributed by atoms with E-state index in [1.807, 2.05) is 0 Å². The normalized spacial score (nSPS) is 23.8. The average Bonchev–Trinajstić information content (AvgIpc) is 2.89. The quantitative estimate of drug-likeness (QED) is 0.327. The van der Waals surface area contributed by atoms with Crippen LogP contribution in [0.5, 0.6) is 0 Å². The monoisotopic (exact) mass is 416 g/mol. The predicted molar refractivity (Wildman–Crippen MR) is 114 cm³/mol. The molecule has 0 aromatic rings. The van der Waals surface area contributed by atoms with Crippen LogP contribution in [0.1, 0.15) is 85.0 Å². The van der Waals surface area contributed by atoms with Gasteiger partial charge < -0.3 is 14.9 Å². The number of ether oxygens (including phenoxy) is 1. The van der Waals surface area contributed by atoms with Crippen LogP contribution in [0.25, 0.3) is 0 Å². The minimum absolute atomic E-state index is 0.101. The van der Waals surface area contributed by atoms with Gasteiger partial charge in [-0.1, -0.05) is 52.9 Å². The van der Waals surface area contributed by atoms with Gasteiger partial charge in [-0.3, -0.25) is 9.59 Å². The smallest absolute Gasteiger partial charge is 0.306 e. The van der Waals surface area contributed by atoms with Gasteiger partial charge in [-0.15, -0.1) is 0 Å². The fraction of sp³-hybridized carbons (Fsp3) is 0.909. The Morgan fingerprint density at radius 2 is 2.00 bits per heavy atom. The fourth-order valence-electron chi connectivity index (χ4n) is 3.93. The lowest BCUT2D eigenvalue weighted by molar-refractivity contribution is -0.143. The van der Waals surface area contributed by atoms with E-state index in [-0.39, 0.29) is 40.9 Å². The Morgan fingerprint density at radius 3 is 2.64 bits per heavy atom. The maximum absolute atomic E-state index is 12.3. The number of aliphatic hydroxyl groups excluding tert-OH is 2. The van der Waals surface area contributed by atoms with Gasteiger partial charge in [0.1, 0.15) is 5.78 Å². The molecule has 1 aliphatic rings. The van der Waals surface area contributed by atoms with Gasteiger partial charge in [0.25, 0.3) is 0 Å². The number of rotatable bonds is 14. The summed E-state index contributed by atoms with van der Waals surface area (Å²) in [6.45, 7) is 6.27. The number of aliphatic hydroxyl groups is 2. The third-order valence-corrected chi connectivity index (χ3v) is 7.30. The topological polar surface area (TPSA) is 83.8 Å². The summed E-state index contributed by atoms with van der Waals surface area (Å²) in [6, 6.07) is 0. The van der Waals surface area contributed by atoms with Crippen molar-refractivity contribution >= 4 is 23.5 Å². The molecule has 0 spiro atoms. The molecule has 1 rings (SSSR count). The second kappa shape index (κ2) is 12.9. The number of ketones is 1. The van der Waals surface area contributed by atoms with Crippen molar-refractivity contribution in [2.75, 3.05) is 12.9 Å². The van der Waals surface area contributed by atoms with Crippen LogP contribution in [0.2, 0.25) is 0 Å². The highest BCUT2D eigenvalue weighted by Gasteiger charge is 2.41. The Morgan fingerprint density at radius 1 is 1.29 bits per heavy atom. The highest BCUT2D eigenvalue weighted by atomic mass is 32.2. The standard InChI is InChI=1S/C22H40O5S/c1-5-6-7-10-16(23)15-28-21-17(18(24)13-19(21)25)11-8-9-12-22(2,3)14-20(26)27-4/h16-17,19,21,23,25H,5-15H2,1-4H3. The van der Waals surface area contributed by atoms with Gasteiger partial charge in [0.05, 0.1) is 25.7 Å². The van der Waals surface area contributed by atoms with Crippen LogP contribution >= 0.6 is 11.8 Å². The molecule has 1 saturated carbocycles. The van der Waals surface area contributed by atoms with Crippen molar-refractivity contribution < 1.29 is 24.5 Å². The molecule has 1 fully saturated rings. The van der Waals surface area contributed by atoms with Gasteiger partial charge in [-0.25, -0.2) is 0 Å². The molecule has 5 nitrogen and oxygen atoms in total. The molecule has 0 aromatic heterocycles. The maximum atomic E-state index is 12.3. The molecular formula is C22H40O5S. The van der Waals surface area contributed by atoms with Gasteiger partial charge in [-0.05, 0) is 24.7 Å². The molecule has 1 aliphatic carbocycles. The highest BCUT2D eigenvalue weighted by molar-refractivity contribution is 8.00. The summed E-state index contributed by atoms with van der Waals surface area (Å²) in [5.41, 5.74) is -0.108. The molecule has 0 heterocycles. The van der Waals surface area contributed by atoms with E-state index in [0.29, 0.717) is 12.2 Å². The first-order valence-corrected chi connectivity index (χ1v) is 11.8. The van der Waals surface area contributed by atoms with Crippen LogP contribution in [0.4, 0.5) is 0 Å². The molecule has 4 atom stereocenters. The van der Waals surface area contributed by atoms with Crippen LogP contribution in [-0.2, 0) is 14.3 Å². The van der Waals surface area contributed by atoms with E-state index in [1.54, 1.807) is 11.8 Å². The number of esters is 1. The number of carbonyl (C=O) groups is 2. The van der Waals surface area contributed by atoms with Crippen molar-refractivity contribution in [3.05, 3.63) is 0 Å². The molecular weight excluding hydrogens is 376 g/mol. The van der Waals surface area contributed by atoms with E-state index in [0.717, 1.165) is 51.4 Å². The fourth-order valence-corrected chi connectivity index (χ4v) is 5.38. The second-order valence-electron chi connectivity index (χ2n) is 8.95. The minimum Gasteiger partial charge on any atom is -0.469 e. The van der Waals surface area contributed by atoms with Crippen LogP contribution in [0.3, 0.4) is 0 Å². The zero-order chi connectivity index (χ0) is 21.2. The third kappa shape index (κ3) is 9.27.